The van der Waals surface area contributed by atoms with Crippen LogP contribution in [0.4, 0.5) is 0 Å². The molecule has 0 saturated carbocycles. The fourth-order valence-electron chi connectivity index (χ4n) is 3.00. The molecule has 2 heterocycles. The number of hydrogen-bond donors (Lipinski definition) is 0. The summed E-state index contributed by atoms with van der Waals surface area (Å²) in [6.45, 7) is 0.616. The average Bonchev–Trinajstić information content (AvgIpc) is 3.04. The zero-order chi connectivity index (χ0) is 17.3. The summed E-state index contributed by atoms with van der Waals surface area (Å²) < 4.78 is 23.5. The molecule has 1 fully saturated rings. The SMILES string of the molecule is CS(=O)(=O)c1ccc(Cl)c(C(=O)N2CCCC2c2ccncc2)c1. The Morgan fingerprint density at radius 3 is 2.62 bits per heavy atom. The van der Waals surface area contributed by atoms with Gasteiger partial charge < -0.3 is 4.90 Å². The third-order valence-electron chi connectivity index (χ3n) is 4.20. The number of benzene rings is 1. The summed E-state index contributed by atoms with van der Waals surface area (Å²) in [5.74, 6) is -0.246. The first kappa shape index (κ1) is 16.9. The molecular weight excluding hydrogens is 348 g/mol. The van der Waals surface area contributed by atoms with Crippen LogP contribution in [-0.2, 0) is 9.84 Å². The zero-order valence-corrected chi connectivity index (χ0v) is 14.7. The van der Waals surface area contributed by atoms with E-state index in [0.29, 0.717) is 6.54 Å². The summed E-state index contributed by atoms with van der Waals surface area (Å²) in [5, 5.41) is 0.257. The molecule has 1 aliphatic heterocycles. The van der Waals surface area contributed by atoms with Crippen LogP contribution in [0.3, 0.4) is 0 Å². The van der Waals surface area contributed by atoms with E-state index in [1.54, 1.807) is 17.3 Å². The Kier molecular flexibility index (Phi) is 4.60. The number of nitrogens with zero attached hydrogens (tertiary/aromatic N) is 2. The number of hydrogen-bond acceptors (Lipinski definition) is 4. The molecule has 1 aliphatic rings. The minimum Gasteiger partial charge on any atom is -0.332 e. The van der Waals surface area contributed by atoms with Crippen LogP contribution in [-0.4, -0.2) is 37.0 Å². The summed E-state index contributed by atoms with van der Waals surface area (Å²) in [6, 6.07) is 7.98. The van der Waals surface area contributed by atoms with Gasteiger partial charge in [-0.2, -0.15) is 0 Å². The highest BCUT2D eigenvalue weighted by atomic mass is 35.5. The Morgan fingerprint density at radius 2 is 1.96 bits per heavy atom. The van der Waals surface area contributed by atoms with Crippen molar-refractivity contribution in [3.05, 3.63) is 58.9 Å². The Labute approximate surface area is 146 Å². The molecule has 126 valence electrons. The van der Waals surface area contributed by atoms with Crippen LogP contribution in [0, 0.1) is 0 Å². The van der Waals surface area contributed by atoms with E-state index >= 15 is 0 Å². The molecule has 0 bridgehead atoms. The molecule has 3 rings (SSSR count). The Bertz CT molecular complexity index is 869. The van der Waals surface area contributed by atoms with E-state index < -0.39 is 9.84 Å². The fraction of sp³-hybridized carbons (Fsp3) is 0.294. The summed E-state index contributed by atoms with van der Waals surface area (Å²) in [6.07, 6.45) is 6.27. The number of halogens is 1. The quantitative estimate of drug-likeness (QED) is 0.839. The standard InChI is InChI=1S/C17H17ClN2O3S/c1-24(22,23)13-4-5-15(18)14(11-13)17(21)20-10-2-3-16(20)12-6-8-19-9-7-12/h4-9,11,16H,2-3,10H2,1H3. The Morgan fingerprint density at radius 1 is 1.25 bits per heavy atom. The van der Waals surface area contributed by atoms with Crippen LogP contribution >= 0.6 is 11.6 Å². The van der Waals surface area contributed by atoms with Gasteiger partial charge in [0.25, 0.3) is 5.91 Å². The molecule has 0 N–H and O–H groups in total. The molecule has 1 aromatic heterocycles. The predicted molar refractivity (Wildman–Crippen MR) is 91.8 cm³/mol. The second kappa shape index (κ2) is 6.53. The minimum absolute atomic E-state index is 0.0431. The molecule has 0 radical (unpaired) electrons. The summed E-state index contributed by atoms with van der Waals surface area (Å²) in [5.41, 5.74) is 1.24. The van der Waals surface area contributed by atoms with E-state index in [1.807, 2.05) is 12.1 Å². The monoisotopic (exact) mass is 364 g/mol. The Balaban J connectivity index is 1.97. The van der Waals surface area contributed by atoms with E-state index in [4.69, 9.17) is 11.6 Å². The van der Waals surface area contributed by atoms with Crippen LogP contribution in [0.25, 0.3) is 0 Å². The molecule has 24 heavy (non-hydrogen) atoms. The van der Waals surface area contributed by atoms with Crippen molar-refractivity contribution in [2.45, 2.75) is 23.8 Å². The molecule has 7 heteroatoms. The molecule has 1 saturated heterocycles. The fourth-order valence-corrected chi connectivity index (χ4v) is 3.84. The van der Waals surface area contributed by atoms with Crippen molar-refractivity contribution in [2.24, 2.45) is 0 Å². The van der Waals surface area contributed by atoms with E-state index in [2.05, 4.69) is 4.98 Å². The second-order valence-corrected chi connectivity index (χ2v) is 8.27. The molecular formula is C17H17ClN2O3S. The molecule has 1 amide bonds. The van der Waals surface area contributed by atoms with Crippen LogP contribution in [0.5, 0.6) is 0 Å². The van der Waals surface area contributed by atoms with E-state index in [9.17, 15) is 13.2 Å². The average molecular weight is 365 g/mol. The number of likely N-dealkylation sites (tertiary alicyclic amines) is 1. The lowest BCUT2D eigenvalue weighted by Crippen LogP contribution is -2.31. The normalized spacial score (nSPS) is 17.9. The van der Waals surface area contributed by atoms with Gasteiger partial charge in [0.2, 0.25) is 0 Å². The maximum Gasteiger partial charge on any atom is 0.255 e. The van der Waals surface area contributed by atoms with Gasteiger partial charge in [-0.15, -0.1) is 0 Å². The van der Waals surface area contributed by atoms with Gasteiger partial charge in [0, 0.05) is 25.2 Å². The van der Waals surface area contributed by atoms with Crippen LogP contribution < -0.4 is 0 Å². The van der Waals surface area contributed by atoms with Crippen molar-refractivity contribution >= 4 is 27.3 Å². The molecule has 1 unspecified atom stereocenters. The van der Waals surface area contributed by atoms with E-state index in [0.717, 1.165) is 24.7 Å². The molecule has 5 nitrogen and oxygen atoms in total. The summed E-state index contributed by atoms with van der Waals surface area (Å²) >= 11 is 6.16. The number of pyridine rings is 1. The largest absolute Gasteiger partial charge is 0.332 e. The van der Waals surface area contributed by atoms with Crippen LogP contribution in [0.1, 0.15) is 34.8 Å². The smallest absolute Gasteiger partial charge is 0.255 e. The molecule has 1 atom stereocenters. The van der Waals surface area contributed by atoms with Gasteiger partial charge in [0.05, 0.1) is 21.5 Å². The van der Waals surface area contributed by atoms with Crippen LogP contribution in [0.15, 0.2) is 47.6 Å². The van der Waals surface area contributed by atoms with Crippen LogP contribution in [0.2, 0.25) is 5.02 Å². The Hall–Kier alpha value is -1.92. The molecule has 2 aromatic rings. The number of amides is 1. The van der Waals surface area contributed by atoms with Crippen molar-refractivity contribution in [1.29, 1.82) is 0 Å². The van der Waals surface area contributed by atoms with E-state index in [1.165, 1.54) is 18.2 Å². The highest BCUT2D eigenvalue weighted by molar-refractivity contribution is 7.90. The maximum absolute atomic E-state index is 13.0. The van der Waals surface area contributed by atoms with Gasteiger partial charge in [-0.25, -0.2) is 8.42 Å². The first-order valence-corrected chi connectivity index (χ1v) is 9.85. The summed E-state index contributed by atoms with van der Waals surface area (Å²) in [7, 11) is -3.40. The number of carbonyl (C=O) groups is 1. The predicted octanol–water partition coefficient (Wildman–Crippen LogP) is 3.12. The zero-order valence-electron chi connectivity index (χ0n) is 13.1. The third kappa shape index (κ3) is 3.30. The van der Waals surface area contributed by atoms with Gasteiger partial charge in [0.15, 0.2) is 9.84 Å². The summed E-state index contributed by atoms with van der Waals surface area (Å²) in [4.78, 5) is 18.8. The highest BCUT2D eigenvalue weighted by Crippen LogP contribution is 2.34. The first-order valence-electron chi connectivity index (χ1n) is 7.58. The number of rotatable bonds is 3. The van der Waals surface area contributed by atoms with Gasteiger partial charge >= 0.3 is 0 Å². The van der Waals surface area contributed by atoms with Gasteiger partial charge in [-0.05, 0) is 48.7 Å². The topological polar surface area (TPSA) is 67.3 Å². The van der Waals surface area contributed by atoms with Crippen molar-refractivity contribution in [3.63, 3.8) is 0 Å². The molecule has 1 aromatic carbocycles. The third-order valence-corrected chi connectivity index (χ3v) is 5.64. The number of carbonyl (C=O) groups excluding carboxylic acids is 1. The number of aromatic nitrogens is 1. The first-order chi connectivity index (χ1) is 11.4. The highest BCUT2D eigenvalue weighted by Gasteiger charge is 2.31. The van der Waals surface area contributed by atoms with Crippen molar-refractivity contribution < 1.29 is 13.2 Å². The number of sulfone groups is 1. The lowest BCUT2D eigenvalue weighted by molar-refractivity contribution is 0.0735. The van der Waals surface area contributed by atoms with Crippen molar-refractivity contribution in [3.8, 4) is 0 Å². The molecule has 0 aliphatic carbocycles. The second-order valence-electron chi connectivity index (χ2n) is 5.85. The van der Waals surface area contributed by atoms with Crippen molar-refractivity contribution in [1.82, 2.24) is 9.88 Å². The van der Waals surface area contributed by atoms with E-state index in [-0.39, 0.29) is 27.4 Å². The van der Waals surface area contributed by atoms with Crippen molar-refractivity contribution in [2.75, 3.05) is 12.8 Å². The van der Waals surface area contributed by atoms with Gasteiger partial charge in [-0.1, -0.05) is 11.6 Å². The maximum atomic E-state index is 13.0. The minimum atomic E-state index is -3.40. The van der Waals surface area contributed by atoms with Gasteiger partial charge in [0.1, 0.15) is 0 Å². The van der Waals surface area contributed by atoms with Gasteiger partial charge in [-0.3, -0.25) is 9.78 Å². The molecule has 0 spiro atoms. The lowest BCUT2D eigenvalue weighted by atomic mass is 10.1. The lowest BCUT2D eigenvalue weighted by Gasteiger charge is -2.25.